The SMILES string of the molecule is C.CN1C(=O)[C@@H](NC(=O)C2=NN=C(Cc3ccccc3)C2)CSc2cc3occc3cc21. The molecule has 0 saturated carbocycles. The Kier molecular flexibility index (Phi) is 6.14. The number of rotatable bonds is 4. The van der Waals surface area contributed by atoms with Crippen LogP contribution in [-0.2, 0) is 16.0 Å². The highest BCUT2D eigenvalue weighted by Crippen LogP contribution is 2.37. The first-order valence-corrected chi connectivity index (χ1v) is 11.0. The first kappa shape index (κ1) is 21.8. The topological polar surface area (TPSA) is 87.3 Å². The van der Waals surface area contributed by atoms with Crippen LogP contribution in [-0.4, -0.2) is 42.1 Å². The van der Waals surface area contributed by atoms with Crippen molar-refractivity contribution >= 4 is 51.7 Å². The van der Waals surface area contributed by atoms with Crippen molar-refractivity contribution in [2.75, 3.05) is 17.7 Å². The Hall–Kier alpha value is -3.39. The van der Waals surface area contributed by atoms with Gasteiger partial charge in [-0.25, -0.2) is 0 Å². The molecule has 0 bridgehead atoms. The summed E-state index contributed by atoms with van der Waals surface area (Å²) in [7, 11) is 1.73. The molecular weight excluding hydrogens is 424 g/mol. The predicted octanol–water partition coefficient (Wildman–Crippen LogP) is 4.07. The molecule has 7 nitrogen and oxygen atoms in total. The quantitative estimate of drug-likeness (QED) is 0.652. The Morgan fingerprint density at radius 3 is 2.84 bits per heavy atom. The Morgan fingerprint density at radius 1 is 1.22 bits per heavy atom. The minimum Gasteiger partial charge on any atom is -0.464 e. The van der Waals surface area contributed by atoms with Crippen molar-refractivity contribution in [3.05, 3.63) is 60.4 Å². The van der Waals surface area contributed by atoms with Gasteiger partial charge in [0.25, 0.3) is 5.91 Å². The third-order valence-corrected chi connectivity index (χ3v) is 6.57. The number of fused-ring (bicyclic) bond motifs is 2. The highest BCUT2D eigenvalue weighted by molar-refractivity contribution is 7.99. The lowest BCUT2D eigenvalue weighted by molar-refractivity contribution is -0.123. The molecule has 5 rings (SSSR count). The fourth-order valence-corrected chi connectivity index (χ4v) is 4.85. The molecule has 8 heteroatoms. The zero-order valence-corrected chi connectivity index (χ0v) is 17.7. The molecule has 2 amide bonds. The van der Waals surface area contributed by atoms with Crippen LogP contribution in [0.5, 0.6) is 0 Å². The number of hydrogen-bond donors (Lipinski definition) is 1. The summed E-state index contributed by atoms with van der Waals surface area (Å²) in [6.07, 6.45) is 2.68. The average Bonchev–Trinajstić information content (AvgIpc) is 3.42. The molecule has 0 unspecified atom stereocenters. The van der Waals surface area contributed by atoms with Crippen LogP contribution in [0.2, 0.25) is 0 Å². The van der Waals surface area contributed by atoms with Crippen LogP contribution in [0.25, 0.3) is 11.0 Å². The Morgan fingerprint density at radius 2 is 2.03 bits per heavy atom. The summed E-state index contributed by atoms with van der Waals surface area (Å²) in [5.41, 5.74) is 3.89. The van der Waals surface area contributed by atoms with Gasteiger partial charge >= 0.3 is 0 Å². The van der Waals surface area contributed by atoms with Crippen LogP contribution >= 0.6 is 11.8 Å². The molecule has 1 aromatic heterocycles. The number of carbonyl (C=O) groups is 2. The van der Waals surface area contributed by atoms with Crippen molar-refractivity contribution in [3.8, 4) is 0 Å². The molecule has 32 heavy (non-hydrogen) atoms. The largest absolute Gasteiger partial charge is 0.464 e. The lowest BCUT2D eigenvalue weighted by Crippen LogP contribution is -2.50. The summed E-state index contributed by atoms with van der Waals surface area (Å²) in [5, 5.41) is 12.0. The Balaban J connectivity index is 0.00000245. The molecule has 2 aromatic carbocycles. The fourth-order valence-electron chi connectivity index (χ4n) is 3.75. The molecule has 0 spiro atoms. The molecule has 0 aliphatic carbocycles. The summed E-state index contributed by atoms with van der Waals surface area (Å²) >= 11 is 1.52. The van der Waals surface area contributed by atoms with Crippen molar-refractivity contribution in [3.63, 3.8) is 0 Å². The maximum atomic E-state index is 13.0. The van der Waals surface area contributed by atoms with Gasteiger partial charge in [-0.1, -0.05) is 37.8 Å². The maximum absolute atomic E-state index is 13.0. The number of likely N-dealkylation sites (N-methyl/N-ethyl adjacent to an activating group) is 1. The molecule has 2 aliphatic heterocycles. The predicted molar refractivity (Wildman–Crippen MR) is 129 cm³/mol. The van der Waals surface area contributed by atoms with Gasteiger partial charge < -0.3 is 14.6 Å². The Labute approximate surface area is 190 Å². The molecule has 1 N–H and O–H groups in total. The second-order valence-corrected chi connectivity index (χ2v) is 8.63. The van der Waals surface area contributed by atoms with Crippen molar-refractivity contribution in [2.45, 2.75) is 31.2 Å². The van der Waals surface area contributed by atoms with Gasteiger partial charge in [0.1, 0.15) is 17.3 Å². The lowest BCUT2D eigenvalue weighted by atomic mass is 10.0. The van der Waals surface area contributed by atoms with Gasteiger partial charge in [0, 0.05) is 35.9 Å². The van der Waals surface area contributed by atoms with Gasteiger partial charge in [-0.05, 0) is 23.8 Å². The highest BCUT2D eigenvalue weighted by Gasteiger charge is 2.32. The average molecular weight is 449 g/mol. The van der Waals surface area contributed by atoms with Crippen LogP contribution in [0.4, 0.5) is 5.69 Å². The summed E-state index contributed by atoms with van der Waals surface area (Å²) in [4.78, 5) is 28.4. The highest BCUT2D eigenvalue weighted by atomic mass is 32.2. The van der Waals surface area contributed by atoms with Gasteiger partial charge in [0.15, 0.2) is 0 Å². The first-order valence-electron chi connectivity index (χ1n) is 9.97. The van der Waals surface area contributed by atoms with E-state index in [1.807, 2.05) is 48.5 Å². The number of nitrogens with zero attached hydrogens (tertiary/aromatic N) is 3. The second-order valence-electron chi connectivity index (χ2n) is 7.56. The number of hydrogen-bond acceptors (Lipinski definition) is 6. The summed E-state index contributed by atoms with van der Waals surface area (Å²) in [6, 6.07) is 15.0. The standard InChI is InChI=1S/C23H20N4O3S.CH4/c1-27-19-10-15-7-8-30-20(15)12-21(19)31-13-18(23(27)29)24-22(28)17-11-16(25-26-17)9-14-5-3-2-4-6-14;/h2-8,10,12,18H,9,11,13H2,1H3,(H,24,28);1H4/t18-;/m0./s1. The van der Waals surface area contributed by atoms with Crippen molar-refractivity contribution in [1.82, 2.24) is 5.32 Å². The van der Waals surface area contributed by atoms with E-state index in [9.17, 15) is 9.59 Å². The number of furan rings is 1. The van der Waals surface area contributed by atoms with Crippen LogP contribution in [0, 0.1) is 0 Å². The normalized spacial score (nSPS) is 17.8. The van der Waals surface area contributed by atoms with Crippen LogP contribution in [0.1, 0.15) is 19.4 Å². The second kappa shape index (κ2) is 9.00. The molecule has 0 saturated heterocycles. The number of thioether (sulfide) groups is 1. The molecule has 2 aliphatic rings. The maximum Gasteiger partial charge on any atom is 0.268 e. The molecule has 3 heterocycles. The van der Waals surface area contributed by atoms with Crippen LogP contribution < -0.4 is 10.2 Å². The van der Waals surface area contributed by atoms with Crippen molar-refractivity contribution in [1.29, 1.82) is 0 Å². The minimum absolute atomic E-state index is 0. The zero-order chi connectivity index (χ0) is 21.4. The zero-order valence-electron chi connectivity index (χ0n) is 16.9. The number of benzene rings is 2. The van der Waals surface area contributed by atoms with E-state index in [0.717, 1.165) is 32.8 Å². The van der Waals surface area contributed by atoms with E-state index in [0.29, 0.717) is 24.3 Å². The van der Waals surface area contributed by atoms with E-state index in [1.54, 1.807) is 18.2 Å². The van der Waals surface area contributed by atoms with E-state index in [2.05, 4.69) is 15.5 Å². The summed E-state index contributed by atoms with van der Waals surface area (Å²) < 4.78 is 5.48. The minimum atomic E-state index is -0.651. The molecule has 0 fully saturated rings. The monoisotopic (exact) mass is 448 g/mol. The Bertz CT molecular complexity index is 1230. The third-order valence-electron chi connectivity index (χ3n) is 5.43. The fraction of sp³-hybridized carbons (Fsp3) is 0.250. The number of anilines is 1. The number of amides is 2. The molecule has 3 aromatic rings. The van der Waals surface area contributed by atoms with Gasteiger partial charge in [-0.15, -0.1) is 16.9 Å². The van der Waals surface area contributed by atoms with Crippen molar-refractivity contribution in [2.24, 2.45) is 10.2 Å². The van der Waals surface area contributed by atoms with E-state index in [-0.39, 0.29) is 19.2 Å². The van der Waals surface area contributed by atoms with Gasteiger partial charge in [0.05, 0.1) is 17.7 Å². The number of carbonyl (C=O) groups excluding carboxylic acids is 2. The molecule has 0 radical (unpaired) electrons. The summed E-state index contributed by atoms with van der Waals surface area (Å²) in [5.74, 6) is -0.0792. The summed E-state index contributed by atoms with van der Waals surface area (Å²) in [6.45, 7) is 0. The first-order chi connectivity index (χ1) is 15.1. The third kappa shape index (κ3) is 4.18. The molecule has 164 valence electrons. The van der Waals surface area contributed by atoms with E-state index in [4.69, 9.17) is 4.42 Å². The van der Waals surface area contributed by atoms with Crippen LogP contribution in [0.15, 0.2) is 74.3 Å². The van der Waals surface area contributed by atoms with Crippen molar-refractivity contribution < 1.29 is 14.0 Å². The van der Waals surface area contributed by atoms with Gasteiger partial charge in [0.2, 0.25) is 5.91 Å². The molecular formula is C24H24N4O3S. The van der Waals surface area contributed by atoms with Gasteiger partial charge in [-0.3, -0.25) is 9.59 Å². The number of nitrogens with one attached hydrogen (secondary N) is 1. The smallest absolute Gasteiger partial charge is 0.268 e. The van der Waals surface area contributed by atoms with Crippen LogP contribution in [0.3, 0.4) is 0 Å². The van der Waals surface area contributed by atoms with E-state index in [1.165, 1.54) is 11.8 Å². The van der Waals surface area contributed by atoms with Gasteiger partial charge in [-0.2, -0.15) is 5.10 Å². The lowest BCUT2D eigenvalue weighted by Gasteiger charge is -2.21. The molecule has 1 atom stereocenters. The van der Waals surface area contributed by atoms with E-state index < -0.39 is 6.04 Å². The van der Waals surface area contributed by atoms with E-state index >= 15 is 0 Å².